The lowest BCUT2D eigenvalue weighted by molar-refractivity contribution is 0.349. The third-order valence-electron chi connectivity index (χ3n) is 2.76. The molecule has 0 aliphatic heterocycles. The van der Waals surface area contributed by atoms with E-state index in [9.17, 15) is 0 Å². The molecule has 0 spiro atoms. The summed E-state index contributed by atoms with van der Waals surface area (Å²) < 4.78 is 6.64. The molecule has 2 nitrogen and oxygen atoms in total. The topological polar surface area (TPSA) is 35.2 Å². The maximum Gasteiger partial charge on any atom is 0.134 e. The van der Waals surface area contributed by atoms with Crippen molar-refractivity contribution in [1.29, 1.82) is 0 Å². The Labute approximate surface area is 105 Å². The van der Waals surface area contributed by atoms with E-state index in [1.807, 2.05) is 19.1 Å². The van der Waals surface area contributed by atoms with E-state index in [2.05, 4.69) is 28.6 Å². The molecule has 0 atom stereocenters. The van der Waals surface area contributed by atoms with Crippen LogP contribution in [0.25, 0.3) is 0 Å². The molecular weight excluding hydrogens is 266 g/mol. The van der Waals surface area contributed by atoms with E-state index in [0.717, 1.165) is 34.2 Å². The Bertz CT molecular complexity index is 424. The number of hydrogen-bond acceptors (Lipinski definition) is 2. The van der Waals surface area contributed by atoms with Crippen LogP contribution in [0.1, 0.15) is 25.3 Å². The second kappa shape index (κ2) is 4.22. The quantitative estimate of drug-likeness (QED) is 0.859. The van der Waals surface area contributed by atoms with Crippen molar-refractivity contribution < 1.29 is 4.74 Å². The molecule has 86 valence electrons. The minimum atomic E-state index is -0.137. The average molecular weight is 282 g/mol. The van der Waals surface area contributed by atoms with Crippen LogP contribution in [0.3, 0.4) is 0 Å². The summed E-state index contributed by atoms with van der Waals surface area (Å²) >= 11 is 3.57. The van der Waals surface area contributed by atoms with Crippen LogP contribution in [-0.2, 0) is 5.54 Å². The molecule has 1 fully saturated rings. The van der Waals surface area contributed by atoms with Gasteiger partial charge in [-0.25, -0.2) is 0 Å². The first kappa shape index (κ1) is 11.7. The van der Waals surface area contributed by atoms with Crippen molar-refractivity contribution in [3.05, 3.63) is 40.4 Å². The lowest BCUT2D eigenvalue weighted by atomic mass is 10.1. The minimum absolute atomic E-state index is 0.137. The molecule has 0 unspecified atom stereocenters. The van der Waals surface area contributed by atoms with E-state index in [0.29, 0.717) is 6.61 Å². The monoisotopic (exact) mass is 281 g/mol. The molecule has 1 aromatic rings. The van der Waals surface area contributed by atoms with Crippen molar-refractivity contribution in [3.8, 4) is 5.75 Å². The predicted molar refractivity (Wildman–Crippen MR) is 69.6 cm³/mol. The molecule has 0 radical (unpaired) electrons. The normalized spacial score (nSPS) is 16.9. The molecule has 2 N–H and O–H groups in total. The molecule has 16 heavy (non-hydrogen) atoms. The van der Waals surface area contributed by atoms with Gasteiger partial charge in [-0.05, 0) is 52.9 Å². The molecule has 0 heterocycles. The Morgan fingerprint density at radius 1 is 1.56 bits per heavy atom. The predicted octanol–water partition coefficient (Wildman–Crippen LogP) is 3.35. The Balaban J connectivity index is 2.23. The first-order valence-corrected chi connectivity index (χ1v) is 6.17. The smallest absolute Gasteiger partial charge is 0.134 e. The van der Waals surface area contributed by atoms with Crippen molar-refractivity contribution in [2.24, 2.45) is 5.73 Å². The fourth-order valence-corrected chi connectivity index (χ4v) is 2.39. The van der Waals surface area contributed by atoms with Crippen molar-refractivity contribution in [1.82, 2.24) is 0 Å². The van der Waals surface area contributed by atoms with Gasteiger partial charge in [-0.2, -0.15) is 0 Å². The van der Waals surface area contributed by atoms with Gasteiger partial charge in [-0.15, -0.1) is 0 Å². The third-order valence-corrected chi connectivity index (χ3v) is 3.58. The van der Waals surface area contributed by atoms with Gasteiger partial charge in [-0.3, -0.25) is 0 Å². The number of ether oxygens (including phenoxy) is 1. The van der Waals surface area contributed by atoms with Crippen LogP contribution in [-0.4, -0.2) is 6.61 Å². The molecule has 1 saturated carbocycles. The van der Waals surface area contributed by atoms with Crippen LogP contribution in [0.15, 0.2) is 34.8 Å². The second-order valence-corrected chi connectivity index (χ2v) is 5.31. The second-order valence-electron chi connectivity index (χ2n) is 4.52. The zero-order valence-electron chi connectivity index (χ0n) is 9.42. The van der Waals surface area contributed by atoms with Crippen LogP contribution >= 0.6 is 15.9 Å². The lowest BCUT2D eigenvalue weighted by Gasteiger charge is -2.15. The summed E-state index contributed by atoms with van der Waals surface area (Å²) in [4.78, 5) is 0. The Morgan fingerprint density at radius 2 is 2.25 bits per heavy atom. The summed E-state index contributed by atoms with van der Waals surface area (Å²) in [5, 5.41) is 0. The number of halogens is 1. The molecule has 3 heteroatoms. The zero-order chi connectivity index (χ0) is 11.8. The lowest BCUT2D eigenvalue weighted by Crippen LogP contribution is -2.19. The van der Waals surface area contributed by atoms with Gasteiger partial charge in [0.25, 0.3) is 0 Å². The molecule has 0 saturated heterocycles. The van der Waals surface area contributed by atoms with Crippen molar-refractivity contribution in [2.75, 3.05) is 6.61 Å². The molecule has 1 aliphatic rings. The molecular formula is C13H16BrNO. The van der Waals surface area contributed by atoms with E-state index in [1.165, 1.54) is 0 Å². The van der Waals surface area contributed by atoms with E-state index in [4.69, 9.17) is 10.5 Å². The Hall–Kier alpha value is -0.800. The highest BCUT2D eigenvalue weighted by atomic mass is 79.9. The highest BCUT2D eigenvalue weighted by molar-refractivity contribution is 9.10. The van der Waals surface area contributed by atoms with Crippen LogP contribution in [0.4, 0.5) is 0 Å². The van der Waals surface area contributed by atoms with Crippen LogP contribution in [0.5, 0.6) is 5.75 Å². The standard InChI is InChI=1S/C13H16BrNO/c1-9(2)8-16-11-5-3-4-10(12(11)14)13(15)6-7-13/h3-5H,1,6-8,15H2,2H3. The van der Waals surface area contributed by atoms with Gasteiger partial charge in [0.2, 0.25) is 0 Å². The molecule has 1 aliphatic carbocycles. The van der Waals surface area contributed by atoms with E-state index < -0.39 is 0 Å². The number of benzene rings is 1. The first-order valence-electron chi connectivity index (χ1n) is 5.38. The van der Waals surface area contributed by atoms with Crippen LogP contribution < -0.4 is 10.5 Å². The van der Waals surface area contributed by atoms with Gasteiger partial charge < -0.3 is 10.5 Å². The van der Waals surface area contributed by atoms with Crippen molar-refractivity contribution in [3.63, 3.8) is 0 Å². The molecule has 1 aromatic carbocycles. The van der Waals surface area contributed by atoms with Gasteiger partial charge >= 0.3 is 0 Å². The van der Waals surface area contributed by atoms with Gasteiger partial charge in [-0.1, -0.05) is 18.7 Å². The fraction of sp³-hybridized carbons (Fsp3) is 0.385. The zero-order valence-corrected chi connectivity index (χ0v) is 11.0. The summed E-state index contributed by atoms with van der Waals surface area (Å²) in [6.07, 6.45) is 2.10. The maximum absolute atomic E-state index is 6.19. The number of nitrogens with two attached hydrogens (primary N) is 1. The third kappa shape index (κ3) is 2.30. The summed E-state index contributed by atoms with van der Waals surface area (Å²) in [7, 11) is 0. The summed E-state index contributed by atoms with van der Waals surface area (Å²) in [6.45, 7) is 6.31. The molecule has 0 aromatic heterocycles. The van der Waals surface area contributed by atoms with Crippen LogP contribution in [0, 0.1) is 0 Å². The highest BCUT2D eigenvalue weighted by Crippen LogP contribution is 2.47. The van der Waals surface area contributed by atoms with Gasteiger partial charge in [0.05, 0.1) is 4.47 Å². The molecule has 0 bridgehead atoms. The van der Waals surface area contributed by atoms with E-state index >= 15 is 0 Å². The largest absolute Gasteiger partial charge is 0.488 e. The Kier molecular flexibility index (Phi) is 3.08. The summed E-state index contributed by atoms with van der Waals surface area (Å²) in [5.74, 6) is 0.845. The highest BCUT2D eigenvalue weighted by Gasteiger charge is 2.41. The average Bonchev–Trinajstić information content (AvgIpc) is 2.96. The van der Waals surface area contributed by atoms with Crippen molar-refractivity contribution >= 4 is 15.9 Å². The minimum Gasteiger partial charge on any atom is -0.488 e. The van der Waals surface area contributed by atoms with E-state index in [-0.39, 0.29) is 5.54 Å². The van der Waals surface area contributed by atoms with Gasteiger partial charge in [0.15, 0.2) is 0 Å². The first-order chi connectivity index (χ1) is 7.53. The van der Waals surface area contributed by atoms with E-state index in [1.54, 1.807) is 0 Å². The number of rotatable bonds is 4. The SMILES string of the molecule is C=C(C)COc1cccc(C2(N)CC2)c1Br. The van der Waals surface area contributed by atoms with Crippen molar-refractivity contribution in [2.45, 2.75) is 25.3 Å². The maximum atomic E-state index is 6.19. The number of hydrogen-bond donors (Lipinski definition) is 1. The summed E-state index contributed by atoms with van der Waals surface area (Å²) in [5.41, 5.74) is 8.20. The van der Waals surface area contributed by atoms with Gasteiger partial charge in [0.1, 0.15) is 12.4 Å². The van der Waals surface area contributed by atoms with Gasteiger partial charge in [0, 0.05) is 5.54 Å². The fourth-order valence-electron chi connectivity index (χ4n) is 1.61. The molecule has 2 rings (SSSR count). The Morgan fingerprint density at radius 3 is 2.81 bits per heavy atom. The van der Waals surface area contributed by atoms with Crippen LogP contribution in [0.2, 0.25) is 0 Å². The molecule has 0 amide bonds. The summed E-state index contributed by atoms with van der Waals surface area (Å²) in [6, 6.07) is 5.99.